The fourth-order valence-electron chi connectivity index (χ4n) is 2.54. The number of ether oxygens (including phenoxy) is 6. The molecule has 0 N–H and O–H groups in total. The Kier molecular flexibility index (Phi) is 9.11. The maximum atomic E-state index is 6.29. The average molecular weight is 467 g/mol. The summed E-state index contributed by atoms with van der Waals surface area (Å²) in [5, 5.41) is 0. The van der Waals surface area contributed by atoms with Gasteiger partial charge in [0.1, 0.15) is 18.3 Å². The van der Waals surface area contributed by atoms with Gasteiger partial charge in [-0.05, 0) is 41.5 Å². The fourth-order valence-corrected chi connectivity index (χ4v) is 4.02. The Morgan fingerprint density at radius 2 is 0.839 bits per heavy atom. The average Bonchev–Trinajstić information content (AvgIpc) is 3.47. The van der Waals surface area contributed by atoms with E-state index in [2.05, 4.69) is 0 Å². The van der Waals surface area contributed by atoms with E-state index in [-0.39, 0.29) is 18.3 Å². The lowest BCUT2D eigenvalue weighted by Gasteiger charge is -2.37. The van der Waals surface area contributed by atoms with Crippen LogP contribution in [-0.4, -0.2) is 94.6 Å². The first-order chi connectivity index (χ1) is 14.5. The standard InChI is InChI=1S/C21H39O9P/c1-19(2,13-22-7-16-10-25-16)28-31(29-20(3,4)14-23-8-17-11-26-17)30-21(5,6)15-24-9-18-12-27-18/h16-18H,7-15H2,1-6H3. The molecular formula is C21H39O9P. The highest BCUT2D eigenvalue weighted by Crippen LogP contribution is 2.50. The van der Waals surface area contributed by atoms with Crippen molar-refractivity contribution in [2.24, 2.45) is 0 Å². The molecule has 3 unspecified atom stereocenters. The molecule has 3 saturated heterocycles. The molecule has 0 bridgehead atoms. The summed E-state index contributed by atoms with van der Waals surface area (Å²) in [6, 6.07) is 0. The molecule has 0 amide bonds. The van der Waals surface area contributed by atoms with Crippen molar-refractivity contribution >= 4 is 8.60 Å². The van der Waals surface area contributed by atoms with Gasteiger partial charge in [0.2, 0.25) is 0 Å². The first-order valence-electron chi connectivity index (χ1n) is 11.0. The van der Waals surface area contributed by atoms with Crippen molar-refractivity contribution in [3.63, 3.8) is 0 Å². The Morgan fingerprint density at radius 1 is 0.581 bits per heavy atom. The molecule has 9 nitrogen and oxygen atoms in total. The largest absolute Gasteiger partial charge is 0.376 e. The van der Waals surface area contributed by atoms with Crippen LogP contribution < -0.4 is 0 Å². The number of rotatable bonds is 18. The van der Waals surface area contributed by atoms with Crippen molar-refractivity contribution in [1.82, 2.24) is 0 Å². The Bertz CT molecular complexity index is 469. The molecule has 0 aromatic carbocycles. The second-order valence-electron chi connectivity index (χ2n) is 10.2. The Labute approximate surface area is 187 Å². The second-order valence-corrected chi connectivity index (χ2v) is 11.2. The van der Waals surface area contributed by atoms with E-state index in [9.17, 15) is 0 Å². The zero-order valence-electron chi connectivity index (χ0n) is 19.7. The smallest absolute Gasteiger partial charge is 0.334 e. The molecule has 182 valence electrons. The minimum atomic E-state index is -1.71. The quantitative estimate of drug-likeness (QED) is 0.223. The first kappa shape index (κ1) is 25.7. The van der Waals surface area contributed by atoms with Gasteiger partial charge in [0.05, 0.1) is 76.3 Å². The molecule has 10 heteroatoms. The van der Waals surface area contributed by atoms with Crippen molar-refractivity contribution in [2.75, 3.05) is 59.5 Å². The molecule has 0 spiro atoms. The predicted molar refractivity (Wildman–Crippen MR) is 114 cm³/mol. The highest BCUT2D eigenvalue weighted by atomic mass is 31.2. The topological polar surface area (TPSA) is 93.0 Å². The molecule has 3 rings (SSSR count). The van der Waals surface area contributed by atoms with E-state index in [1.807, 2.05) is 41.5 Å². The lowest BCUT2D eigenvalue weighted by molar-refractivity contribution is -0.0787. The zero-order chi connectivity index (χ0) is 22.5. The third kappa shape index (κ3) is 11.7. The maximum Gasteiger partial charge on any atom is 0.334 e. The van der Waals surface area contributed by atoms with Crippen LogP contribution >= 0.6 is 8.60 Å². The summed E-state index contributed by atoms with van der Waals surface area (Å²) in [6.45, 7) is 17.0. The van der Waals surface area contributed by atoms with Gasteiger partial charge >= 0.3 is 8.60 Å². The monoisotopic (exact) mass is 466 g/mol. The minimum absolute atomic E-state index is 0.211. The van der Waals surface area contributed by atoms with Crippen LogP contribution in [0.15, 0.2) is 0 Å². The van der Waals surface area contributed by atoms with E-state index in [4.69, 9.17) is 42.0 Å². The molecule has 31 heavy (non-hydrogen) atoms. The lowest BCUT2D eigenvalue weighted by atomic mass is 10.2. The summed E-state index contributed by atoms with van der Waals surface area (Å²) >= 11 is 0. The van der Waals surface area contributed by atoms with Crippen LogP contribution in [0.3, 0.4) is 0 Å². The SMILES string of the molecule is CC(C)(COCC1CO1)OP(OC(C)(C)COCC1CO1)OC(C)(C)COCC1CO1. The van der Waals surface area contributed by atoms with E-state index in [1.165, 1.54) is 0 Å². The number of epoxide rings is 3. The van der Waals surface area contributed by atoms with E-state index in [0.717, 1.165) is 19.8 Å². The van der Waals surface area contributed by atoms with Gasteiger partial charge in [0.25, 0.3) is 0 Å². The van der Waals surface area contributed by atoms with Crippen LogP contribution in [0.2, 0.25) is 0 Å². The van der Waals surface area contributed by atoms with E-state index in [0.29, 0.717) is 39.6 Å². The Balaban J connectivity index is 1.51. The second kappa shape index (κ2) is 11.0. The molecular weight excluding hydrogens is 427 g/mol. The summed E-state index contributed by atoms with van der Waals surface area (Å²) < 4.78 is 51.7. The molecule has 3 aliphatic heterocycles. The van der Waals surface area contributed by atoms with Gasteiger partial charge in [-0.2, -0.15) is 0 Å². The van der Waals surface area contributed by atoms with Gasteiger partial charge in [-0.15, -0.1) is 0 Å². The molecule has 0 radical (unpaired) electrons. The Hall–Kier alpha value is 0.0700. The summed E-state index contributed by atoms with van der Waals surface area (Å²) in [7, 11) is -1.71. The van der Waals surface area contributed by atoms with Crippen molar-refractivity contribution < 1.29 is 42.0 Å². The van der Waals surface area contributed by atoms with E-state index < -0.39 is 25.4 Å². The third-order valence-electron chi connectivity index (χ3n) is 4.43. The van der Waals surface area contributed by atoms with Crippen LogP contribution in [0.1, 0.15) is 41.5 Å². The summed E-state index contributed by atoms with van der Waals surface area (Å²) in [5.74, 6) is 0. The van der Waals surface area contributed by atoms with Crippen LogP contribution in [-0.2, 0) is 42.0 Å². The van der Waals surface area contributed by atoms with Crippen LogP contribution in [0, 0.1) is 0 Å². The molecule has 3 heterocycles. The normalized spacial score (nSPS) is 26.7. The Morgan fingerprint density at radius 3 is 1.06 bits per heavy atom. The summed E-state index contributed by atoms with van der Waals surface area (Å²) in [4.78, 5) is 0. The van der Waals surface area contributed by atoms with Gasteiger partial charge in [0, 0.05) is 0 Å². The van der Waals surface area contributed by atoms with Crippen molar-refractivity contribution in [2.45, 2.75) is 76.7 Å². The van der Waals surface area contributed by atoms with Crippen molar-refractivity contribution in [3.8, 4) is 0 Å². The zero-order valence-corrected chi connectivity index (χ0v) is 20.6. The van der Waals surface area contributed by atoms with Gasteiger partial charge < -0.3 is 42.0 Å². The van der Waals surface area contributed by atoms with E-state index >= 15 is 0 Å². The van der Waals surface area contributed by atoms with Gasteiger partial charge in [-0.3, -0.25) is 0 Å². The molecule has 0 aromatic heterocycles. The number of hydrogen-bond donors (Lipinski definition) is 0. The molecule has 0 aromatic rings. The third-order valence-corrected chi connectivity index (χ3v) is 6.36. The van der Waals surface area contributed by atoms with Crippen LogP contribution in [0.5, 0.6) is 0 Å². The molecule has 3 fully saturated rings. The highest BCUT2D eigenvalue weighted by molar-refractivity contribution is 7.41. The van der Waals surface area contributed by atoms with Crippen LogP contribution in [0.25, 0.3) is 0 Å². The van der Waals surface area contributed by atoms with Crippen LogP contribution in [0.4, 0.5) is 0 Å². The fraction of sp³-hybridized carbons (Fsp3) is 1.00. The summed E-state index contributed by atoms with van der Waals surface area (Å²) in [5.41, 5.74) is -1.80. The molecule has 3 aliphatic rings. The molecule has 3 atom stereocenters. The van der Waals surface area contributed by atoms with Gasteiger partial charge in [0.15, 0.2) is 0 Å². The number of hydrogen-bond acceptors (Lipinski definition) is 9. The molecule has 0 aliphatic carbocycles. The van der Waals surface area contributed by atoms with Gasteiger partial charge in [-0.25, -0.2) is 0 Å². The maximum absolute atomic E-state index is 6.29. The lowest BCUT2D eigenvalue weighted by Crippen LogP contribution is -2.37. The van der Waals surface area contributed by atoms with Crippen molar-refractivity contribution in [1.29, 1.82) is 0 Å². The first-order valence-corrected chi connectivity index (χ1v) is 12.1. The minimum Gasteiger partial charge on any atom is -0.376 e. The predicted octanol–water partition coefficient (Wildman–Crippen LogP) is 2.85. The van der Waals surface area contributed by atoms with E-state index in [1.54, 1.807) is 0 Å². The van der Waals surface area contributed by atoms with Gasteiger partial charge in [-0.1, -0.05) is 0 Å². The summed E-state index contributed by atoms with van der Waals surface area (Å²) in [6.07, 6.45) is 0.633. The van der Waals surface area contributed by atoms with Crippen molar-refractivity contribution in [3.05, 3.63) is 0 Å². The molecule has 0 saturated carbocycles. The highest BCUT2D eigenvalue weighted by Gasteiger charge is 2.38.